The maximum atomic E-state index is 12.4. The highest BCUT2D eigenvalue weighted by atomic mass is 79.9. The van der Waals surface area contributed by atoms with Crippen LogP contribution in [0.5, 0.6) is 5.75 Å². The fraction of sp³-hybridized carbons (Fsp3) is 0.500. The predicted octanol–water partition coefficient (Wildman–Crippen LogP) is 1.73. The van der Waals surface area contributed by atoms with Crippen LogP contribution in [0.25, 0.3) is 0 Å². The summed E-state index contributed by atoms with van der Waals surface area (Å²) >= 11 is 3.36. The minimum absolute atomic E-state index is 0.0936. The molecule has 1 amide bonds. The number of hydrogen-bond acceptors (Lipinski definition) is 4. The fourth-order valence-corrected chi connectivity index (χ4v) is 2.62. The first kappa shape index (κ1) is 15.3. The van der Waals surface area contributed by atoms with Gasteiger partial charge >= 0.3 is 0 Å². The van der Waals surface area contributed by atoms with Gasteiger partial charge in [-0.05, 0) is 47.0 Å². The molecule has 0 saturated carbocycles. The Morgan fingerprint density at radius 3 is 2.80 bits per heavy atom. The third kappa shape index (κ3) is 3.31. The highest BCUT2D eigenvalue weighted by Crippen LogP contribution is 2.25. The molecule has 20 heavy (non-hydrogen) atoms. The number of hydrogen-bond donors (Lipinski definition) is 2. The molecule has 1 heterocycles. The summed E-state index contributed by atoms with van der Waals surface area (Å²) in [7, 11) is 1.55. The van der Waals surface area contributed by atoms with Crippen LogP contribution in [0.4, 0.5) is 0 Å². The Kier molecular flexibility index (Phi) is 5.01. The third-order valence-corrected chi connectivity index (χ3v) is 4.24. The van der Waals surface area contributed by atoms with Crippen LogP contribution in [-0.2, 0) is 4.74 Å². The summed E-state index contributed by atoms with van der Waals surface area (Å²) in [5.41, 5.74) is -0.110. The van der Waals surface area contributed by atoms with Crippen molar-refractivity contribution < 1.29 is 19.4 Å². The van der Waals surface area contributed by atoms with Crippen LogP contribution in [0, 0.1) is 0 Å². The van der Waals surface area contributed by atoms with Crippen molar-refractivity contribution in [3.63, 3.8) is 0 Å². The van der Waals surface area contributed by atoms with Crippen LogP contribution in [0.2, 0.25) is 0 Å². The van der Waals surface area contributed by atoms with Crippen molar-refractivity contribution in [1.82, 2.24) is 5.32 Å². The Bertz CT molecular complexity index is 486. The van der Waals surface area contributed by atoms with E-state index in [-0.39, 0.29) is 12.5 Å². The van der Waals surface area contributed by atoms with Crippen LogP contribution in [0.1, 0.15) is 23.2 Å². The van der Waals surface area contributed by atoms with Crippen molar-refractivity contribution >= 4 is 21.8 Å². The van der Waals surface area contributed by atoms with E-state index >= 15 is 0 Å². The summed E-state index contributed by atoms with van der Waals surface area (Å²) in [5.74, 6) is 0.384. The number of benzene rings is 1. The SMILES string of the molecule is COc1ccc(Br)c(C(=O)NC2(CO)CCOCC2)c1. The van der Waals surface area contributed by atoms with Crippen molar-refractivity contribution in [3.8, 4) is 5.75 Å². The second-order valence-electron chi connectivity index (χ2n) is 4.85. The zero-order valence-electron chi connectivity index (χ0n) is 11.3. The minimum Gasteiger partial charge on any atom is -0.497 e. The van der Waals surface area contributed by atoms with Gasteiger partial charge < -0.3 is 19.9 Å². The first-order valence-electron chi connectivity index (χ1n) is 6.45. The molecule has 0 aliphatic carbocycles. The molecule has 1 aliphatic heterocycles. The Morgan fingerprint density at radius 2 is 2.20 bits per heavy atom. The topological polar surface area (TPSA) is 67.8 Å². The van der Waals surface area contributed by atoms with Crippen molar-refractivity contribution in [2.75, 3.05) is 26.9 Å². The first-order valence-corrected chi connectivity index (χ1v) is 7.24. The quantitative estimate of drug-likeness (QED) is 0.873. The molecule has 0 bridgehead atoms. The van der Waals surface area contributed by atoms with Gasteiger partial charge in [0.15, 0.2) is 0 Å². The smallest absolute Gasteiger partial charge is 0.253 e. The van der Waals surface area contributed by atoms with Gasteiger partial charge in [-0.2, -0.15) is 0 Å². The summed E-state index contributed by atoms with van der Waals surface area (Å²) in [6.45, 7) is 0.990. The molecular formula is C14H18BrNO4. The minimum atomic E-state index is -0.599. The molecule has 1 saturated heterocycles. The number of rotatable bonds is 4. The number of carbonyl (C=O) groups is 1. The monoisotopic (exact) mass is 343 g/mol. The molecule has 110 valence electrons. The van der Waals surface area contributed by atoms with Crippen molar-refractivity contribution in [2.24, 2.45) is 0 Å². The molecule has 6 heteroatoms. The van der Waals surface area contributed by atoms with Crippen molar-refractivity contribution in [3.05, 3.63) is 28.2 Å². The third-order valence-electron chi connectivity index (χ3n) is 3.55. The summed E-state index contributed by atoms with van der Waals surface area (Å²) in [4.78, 5) is 12.4. The Labute approximate surface area is 126 Å². The van der Waals surface area contributed by atoms with Crippen LogP contribution < -0.4 is 10.1 Å². The molecule has 0 unspecified atom stereocenters. The number of halogens is 1. The number of amides is 1. The first-order chi connectivity index (χ1) is 9.60. The molecule has 0 aromatic heterocycles. The van der Waals surface area contributed by atoms with Gasteiger partial charge in [0.05, 0.1) is 24.8 Å². The molecule has 5 nitrogen and oxygen atoms in total. The maximum absolute atomic E-state index is 12.4. The highest BCUT2D eigenvalue weighted by Gasteiger charge is 2.34. The molecule has 1 fully saturated rings. The van der Waals surface area contributed by atoms with Gasteiger partial charge in [0.25, 0.3) is 5.91 Å². The van der Waals surface area contributed by atoms with Crippen LogP contribution in [0.15, 0.2) is 22.7 Å². The standard InChI is InChI=1S/C14H18BrNO4/c1-19-10-2-3-12(15)11(8-10)13(18)16-14(9-17)4-6-20-7-5-14/h2-3,8,17H,4-7,9H2,1H3,(H,16,18). The number of carbonyl (C=O) groups excluding carboxylic acids is 1. The van der Waals surface area contributed by atoms with Gasteiger partial charge in [-0.3, -0.25) is 4.79 Å². The van der Waals surface area contributed by atoms with Crippen molar-refractivity contribution in [2.45, 2.75) is 18.4 Å². The van der Waals surface area contributed by atoms with E-state index < -0.39 is 5.54 Å². The maximum Gasteiger partial charge on any atom is 0.253 e. The van der Waals surface area contributed by atoms with Gasteiger partial charge in [-0.1, -0.05) is 0 Å². The zero-order valence-corrected chi connectivity index (χ0v) is 12.9. The lowest BCUT2D eigenvalue weighted by molar-refractivity contribution is 0.0125. The molecule has 1 aromatic carbocycles. The van der Waals surface area contributed by atoms with E-state index in [1.54, 1.807) is 25.3 Å². The molecule has 1 aliphatic rings. The Morgan fingerprint density at radius 1 is 1.50 bits per heavy atom. The van der Waals surface area contributed by atoms with Gasteiger partial charge in [0, 0.05) is 17.7 Å². The lowest BCUT2D eigenvalue weighted by Gasteiger charge is -2.36. The van der Waals surface area contributed by atoms with Gasteiger partial charge in [-0.25, -0.2) is 0 Å². The predicted molar refractivity (Wildman–Crippen MR) is 78.0 cm³/mol. The van der Waals surface area contributed by atoms with E-state index in [1.165, 1.54) is 0 Å². The number of aliphatic hydroxyl groups excluding tert-OH is 1. The van der Waals surface area contributed by atoms with E-state index in [4.69, 9.17) is 9.47 Å². The van der Waals surface area contributed by atoms with Crippen LogP contribution in [0.3, 0.4) is 0 Å². The van der Waals surface area contributed by atoms with Gasteiger partial charge in [0.2, 0.25) is 0 Å². The molecular weight excluding hydrogens is 326 g/mol. The Balaban J connectivity index is 2.18. The van der Waals surface area contributed by atoms with E-state index in [9.17, 15) is 9.90 Å². The average molecular weight is 344 g/mol. The van der Waals surface area contributed by atoms with Crippen LogP contribution in [-0.4, -0.2) is 43.5 Å². The largest absolute Gasteiger partial charge is 0.497 e. The number of methoxy groups -OCH3 is 1. The van der Waals surface area contributed by atoms with E-state index in [1.807, 2.05) is 0 Å². The fourth-order valence-electron chi connectivity index (χ4n) is 2.20. The second kappa shape index (κ2) is 6.56. The molecule has 1 aromatic rings. The Hall–Kier alpha value is -1.11. The normalized spacial score (nSPS) is 17.6. The average Bonchev–Trinajstić information content (AvgIpc) is 2.48. The van der Waals surface area contributed by atoms with E-state index in [0.717, 1.165) is 0 Å². The molecule has 0 radical (unpaired) electrons. The van der Waals surface area contributed by atoms with Gasteiger partial charge in [-0.15, -0.1) is 0 Å². The number of ether oxygens (including phenoxy) is 2. The number of nitrogens with one attached hydrogen (secondary N) is 1. The molecule has 2 rings (SSSR count). The number of aliphatic hydroxyl groups is 1. The second-order valence-corrected chi connectivity index (χ2v) is 5.71. The lowest BCUT2D eigenvalue weighted by atomic mass is 9.90. The van der Waals surface area contributed by atoms with Crippen molar-refractivity contribution in [1.29, 1.82) is 0 Å². The van der Waals surface area contributed by atoms with E-state index in [0.29, 0.717) is 41.8 Å². The summed E-state index contributed by atoms with van der Waals surface area (Å²) in [5, 5.41) is 12.5. The lowest BCUT2D eigenvalue weighted by Crippen LogP contribution is -2.54. The zero-order chi connectivity index (χ0) is 14.6. The van der Waals surface area contributed by atoms with Crippen LogP contribution >= 0.6 is 15.9 Å². The summed E-state index contributed by atoms with van der Waals surface area (Å²) in [6, 6.07) is 5.21. The highest BCUT2D eigenvalue weighted by molar-refractivity contribution is 9.10. The van der Waals surface area contributed by atoms with E-state index in [2.05, 4.69) is 21.2 Å². The molecule has 0 atom stereocenters. The molecule has 2 N–H and O–H groups in total. The molecule has 0 spiro atoms. The van der Waals surface area contributed by atoms with Gasteiger partial charge in [0.1, 0.15) is 5.75 Å². The summed E-state index contributed by atoms with van der Waals surface area (Å²) < 4.78 is 11.1. The summed E-state index contributed by atoms with van der Waals surface area (Å²) in [6.07, 6.45) is 1.22.